The van der Waals surface area contributed by atoms with E-state index >= 15 is 0 Å². The molecule has 5 heteroatoms. The number of fused-ring (bicyclic) bond motifs is 1. The van der Waals surface area contributed by atoms with E-state index in [-0.39, 0.29) is 11.9 Å². The molecule has 2 aliphatic carbocycles. The molecule has 0 saturated heterocycles. The lowest BCUT2D eigenvalue weighted by Crippen LogP contribution is -2.40. The van der Waals surface area contributed by atoms with Crippen LogP contribution in [-0.4, -0.2) is 32.7 Å². The second-order valence-electron chi connectivity index (χ2n) is 7.10. The van der Waals surface area contributed by atoms with Gasteiger partial charge in [-0.3, -0.25) is 4.79 Å². The third kappa shape index (κ3) is 3.51. The molecule has 1 amide bonds. The van der Waals surface area contributed by atoms with Crippen LogP contribution in [0.4, 0.5) is 0 Å². The van der Waals surface area contributed by atoms with E-state index in [1.165, 1.54) is 11.1 Å². The summed E-state index contributed by atoms with van der Waals surface area (Å²) in [5, 5.41) is 13.4. The molecule has 1 fully saturated rings. The van der Waals surface area contributed by atoms with Gasteiger partial charge >= 0.3 is 0 Å². The summed E-state index contributed by atoms with van der Waals surface area (Å²) in [6.45, 7) is 0.828. The molecule has 0 spiro atoms. The number of amides is 1. The van der Waals surface area contributed by atoms with Crippen LogP contribution in [0.1, 0.15) is 40.7 Å². The number of aryl methyl sites for hydroxylation is 1. The number of aromatic nitrogens is 2. The molecule has 1 unspecified atom stereocenters. The number of carbonyl (C=O) groups is 1. The first-order valence-corrected chi connectivity index (χ1v) is 8.93. The van der Waals surface area contributed by atoms with Gasteiger partial charge in [-0.1, -0.05) is 18.2 Å². The smallest absolute Gasteiger partial charge is 0.251 e. The molecular formula is C20H23N3O2. The first-order valence-electron chi connectivity index (χ1n) is 8.93. The molecule has 1 aromatic heterocycles. The number of hydrogen-bond acceptors (Lipinski definition) is 3. The number of benzene rings is 1. The van der Waals surface area contributed by atoms with Gasteiger partial charge in [0, 0.05) is 24.5 Å². The predicted octanol–water partition coefficient (Wildman–Crippen LogP) is 2.41. The van der Waals surface area contributed by atoms with Crippen LogP contribution in [0.2, 0.25) is 0 Å². The Kier molecular flexibility index (Phi) is 4.40. The van der Waals surface area contributed by atoms with Crippen molar-refractivity contribution in [2.24, 2.45) is 5.92 Å². The Morgan fingerprint density at radius 2 is 2.28 bits per heavy atom. The van der Waals surface area contributed by atoms with Crippen LogP contribution in [0.15, 0.2) is 43.0 Å². The Labute approximate surface area is 147 Å². The summed E-state index contributed by atoms with van der Waals surface area (Å²) in [7, 11) is 0. The molecular weight excluding hydrogens is 314 g/mol. The number of nitrogens with zero attached hydrogens (tertiary/aromatic N) is 2. The van der Waals surface area contributed by atoms with Crippen molar-refractivity contribution in [2.75, 3.05) is 0 Å². The van der Waals surface area contributed by atoms with Crippen LogP contribution in [0.3, 0.4) is 0 Å². The zero-order chi connectivity index (χ0) is 17.2. The zero-order valence-electron chi connectivity index (χ0n) is 14.1. The predicted molar refractivity (Wildman–Crippen MR) is 96.0 cm³/mol. The summed E-state index contributed by atoms with van der Waals surface area (Å²) in [5.41, 5.74) is 3.10. The number of hydrogen-bond donors (Lipinski definition) is 2. The van der Waals surface area contributed by atoms with Crippen LogP contribution in [0.5, 0.6) is 0 Å². The van der Waals surface area contributed by atoms with Crippen molar-refractivity contribution >= 4 is 12.0 Å². The zero-order valence-corrected chi connectivity index (χ0v) is 14.1. The van der Waals surface area contributed by atoms with Gasteiger partial charge in [0.2, 0.25) is 0 Å². The lowest BCUT2D eigenvalue weighted by molar-refractivity contribution is 0.0872. The maximum absolute atomic E-state index is 12.6. The lowest BCUT2D eigenvalue weighted by Gasteiger charge is -2.18. The van der Waals surface area contributed by atoms with Crippen molar-refractivity contribution in [1.82, 2.24) is 14.9 Å². The Bertz CT molecular complexity index is 782. The van der Waals surface area contributed by atoms with E-state index in [1.807, 2.05) is 29.0 Å². The SMILES string of the molecule is O=C(N[C@@H]1CC(Cn2ccnc2)C[C@H]1O)c1ccc2c(c1)CCC=C2. The average Bonchev–Trinajstić information content (AvgIpc) is 3.25. The Morgan fingerprint density at radius 3 is 3.12 bits per heavy atom. The van der Waals surface area contributed by atoms with Crippen molar-refractivity contribution in [2.45, 2.75) is 44.4 Å². The second kappa shape index (κ2) is 6.84. The van der Waals surface area contributed by atoms with Crippen molar-refractivity contribution in [3.8, 4) is 0 Å². The van der Waals surface area contributed by atoms with Gasteiger partial charge in [-0.2, -0.15) is 0 Å². The molecule has 130 valence electrons. The van der Waals surface area contributed by atoms with Crippen molar-refractivity contribution in [3.05, 3.63) is 59.7 Å². The minimum absolute atomic E-state index is 0.0929. The van der Waals surface area contributed by atoms with Crippen molar-refractivity contribution in [1.29, 1.82) is 0 Å². The monoisotopic (exact) mass is 337 g/mol. The fourth-order valence-electron chi connectivity index (χ4n) is 3.94. The third-order valence-corrected chi connectivity index (χ3v) is 5.25. The van der Waals surface area contributed by atoms with E-state index in [4.69, 9.17) is 0 Å². The molecule has 0 aliphatic heterocycles. The molecule has 1 aromatic carbocycles. The summed E-state index contributed by atoms with van der Waals surface area (Å²) in [6, 6.07) is 5.68. The normalized spacial score (nSPS) is 24.9. The summed E-state index contributed by atoms with van der Waals surface area (Å²) in [4.78, 5) is 16.7. The first-order chi connectivity index (χ1) is 12.2. The molecule has 2 N–H and O–H groups in total. The van der Waals surface area contributed by atoms with Gasteiger partial charge < -0.3 is 15.0 Å². The highest BCUT2D eigenvalue weighted by Crippen LogP contribution is 2.28. The van der Waals surface area contributed by atoms with Gasteiger partial charge in [0.1, 0.15) is 0 Å². The molecule has 3 atom stereocenters. The van der Waals surface area contributed by atoms with Crippen LogP contribution in [-0.2, 0) is 13.0 Å². The van der Waals surface area contributed by atoms with Crippen LogP contribution < -0.4 is 5.32 Å². The van der Waals surface area contributed by atoms with Gasteiger partial charge in [0.05, 0.1) is 18.5 Å². The minimum atomic E-state index is -0.488. The number of aliphatic hydroxyl groups is 1. The summed E-state index contributed by atoms with van der Waals surface area (Å²) in [5.74, 6) is 0.257. The average molecular weight is 337 g/mol. The van der Waals surface area contributed by atoms with Crippen LogP contribution in [0, 0.1) is 5.92 Å². The minimum Gasteiger partial charge on any atom is -0.391 e. The molecule has 5 nitrogen and oxygen atoms in total. The standard InChI is InChI=1S/C20H23N3O2/c24-19-10-14(12-23-8-7-21-13-23)9-18(19)22-20(25)17-6-5-15-3-1-2-4-16(15)11-17/h1,3,5-8,11,13-14,18-19,24H,2,4,9-10,12H2,(H,22,25)/t14?,18-,19-/m1/s1. The highest BCUT2D eigenvalue weighted by Gasteiger charge is 2.34. The highest BCUT2D eigenvalue weighted by molar-refractivity contribution is 5.95. The van der Waals surface area contributed by atoms with E-state index in [9.17, 15) is 9.90 Å². The van der Waals surface area contributed by atoms with Crippen LogP contribution >= 0.6 is 0 Å². The van der Waals surface area contributed by atoms with E-state index in [0.29, 0.717) is 17.9 Å². The van der Waals surface area contributed by atoms with E-state index in [0.717, 1.165) is 25.8 Å². The third-order valence-electron chi connectivity index (χ3n) is 5.25. The number of allylic oxidation sites excluding steroid dienone is 1. The molecule has 0 radical (unpaired) electrons. The van der Waals surface area contributed by atoms with E-state index in [2.05, 4.69) is 22.5 Å². The van der Waals surface area contributed by atoms with Gasteiger partial charge in [-0.15, -0.1) is 0 Å². The molecule has 25 heavy (non-hydrogen) atoms. The number of nitrogens with one attached hydrogen (secondary N) is 1. The fraction of sp³-hybridized carbons (Fsp3) is 0.400. The number of carbonyl (C=O) groups excluding carboxylic acids is 1. The van der Waals surface area contributed by atoms with Crippen molar-refractivity contribution < 1.29 is 9.90 Å². The Hall–Kier alpha value is -2.40. The largest absolute Gasteiger partial charge is 0.391 e. The van der Waals surface area contributed by atoms with Gasteiger partial charge in [0.15, 0.2) is 0 Å². The summed E-state index contributed by atoms with van der Waals surface area (Å²) >= 11 is 0. The van der Waals surface area contributed by atoms with Crippen molar-refractivity contribution in [3.63, 3.8) is 0 Å². The molecule has 0 bridgehead atoms. The Balaban J connectivity index is 1.40. The number of imidazole rings is 1. The molecule has 2 aliphatic rings. The Morgan fingerprint density at radius 1 is 1.36 bits per heavy atom. The number of aliphatic hydroxyl groups excluding tert-OH is 1. The maximum atomic E-state index is 12.6. The van der Waals surface area contributed by atoms with Gasteiger partial charge in [-0.25, -0.2) is 4.98 Å². The summed E-state index contributed by atoms with van der Waals surface area (Å²) < 4.78 is 2.03. The second-order valence-corrected chi connectivity index (χ2v) is 7.10. The van der Waals surface area contributed by atoms with E-state index < -0.39 is 6.10 Å². The van der Waals surface area contributed by atoms with Gasteiger partial charge in [0.25, 0.3) is 5.91 Å². The van der Waals surface area contributed by atoms with Gasteiger partial charge in [-0.05, 0) is 54.9 Å². The topological polar surface area (TPSA) is 67.2 Å². The maximum Gasteiger partial charge on any atom is 0.251 e. The fourth-order valence-corrected chi connectivity index (χ4v) is 3.94. The quantitative estimate of drug-likeness (QED) is 0.900. The lowest BCUT2D eigenvalue weighted by atomic mass is 9.95. The first kappa shape index (κ1) is 16.1. The molecule has 2 aromatic rings. The van der Waals surface area contributed by atoms with Crippen LogP contribution in [0.25, 0.3) is 6.08 Å². The molecule has 4 rings (SSSR count). The highest BCUT2D eigenvalue weighted by atomic mass is 16.3. The molecule has 1 heterocycles. The molecule has 1 saturated carbocycles. The number of rotatable bonds is 4. The summed E-state index contributed by atoms with van der Waals surface area (Å²) in [6.07, 6.45) is 12.8. The van der Waals surface area contributed by atoms with E-state index in [1.54, 1.807) is 12.5 Å².